The molecule has 1 amide bonds. The SMILES string of the molecule is Nc1ccccc1C(=O)N1CCN(S(=O)(=O)Cc2ccon2)CC1. The minimum Gasteiger partial charge on any atom is -0.398 e. The molecule has 1 saturated heterocycles. The van der Waals surface area contributed by atoms with Gasteiger partial charge in [-0.2, -0.15) is 4.31 Å². The molecule has 0 saturated carbocycles. The van der Waals surface area contributed by atoms with Crippen LogP contribution in [-0.4, -0.2) is 54.9 Å². The Balaban J connectivity index is 1.63. The van der Waals surface area contributed by atoms with Gasteiger partial charge in [-0.25, -0.2) is 8.42 Å². The molecule has 24 heavy (non-hydrogen) atoms. The van der Waals surface area contributed by atoms with E-state index in [9.17, 15) is 13.2 Å². The predicted molar refractivity (Wildman–Crippen MR) is 87.5 cm³/mol. The van der Waals surface area contributed by atoms with Gasteiger partial charge in [-0.1, -0.05) is 17.3 Å². The van der Waals surface area contributed by atoms with Crippen LogP contribution in [0.3, 0.4) is 0 Å². The van der Waals surface area contributed by atoms with Gasteiger partial charge in [-0.15, -0.1) is 0 Å². The number of para-hydroxylation sites is 1. The second-order valence-electron chi connectivity index (χ2n) is 5.53. The standard InChI is InChI=1S/C15H18N4O4S/c16-14-4-2-1-3-13(14)15(20)18-6-8-19(9-7-18)24(21,22)11-12-5-10-23-17-12/h1-5,10H,6-9,11,16H2. The van der Waals surface area contributed by atoms with Gasteiger partial charge in [0.15, 0.2) is 0 Å². The Labute approximate surface area is 139 Å². The fraction of sp³-hybridized carbons (Fsp3) is 0.333. The molecular weight excluding hydrogens is 332 g/mol. The van der Waals surface area contributed by atoms with E-state index in [0.29, 0.717) is 30.0 Å². The van der Waals surface area contributed by atoms with Crippen LogP contribution in [0.1, 0.15) is 16.1 Å². The zero-order valence-corrected chi connectivity index (χ0v) is 13.8. The van der Waals surface area contributed by atoms with Crippen molar-refractivity contribution in [1.82, 2.24) is 14.4 Å². The Bertz CT molecular complexity index is 812. The molecule has 1 fully saturated rings. The third-order valence-corrected chi connectivity index (χ3v) is 5.74. The maximum absolute atomic E-state index is 12.5. The second-order valence-corrected chi connectivity index (χ2v) is 7.49. The van der Waals surface area contributed by atoms with Crippen LogP contribution >= 0.6 is 0 Å². The number of nitrogens with zero attached hydrogens (tertiary/aromatic N) is 3. The van der Waals surface area contributed by atoms with E-state index in [4.69, 9.17) is 5.73 Å². The lowest BCUT2D eigenvalue weighted by Gasteiger charge is -2.34. The maximum Gasteiger partial charge on any atom is 0.256 e. The monoisotopic (exact) mass is 350 g/mol. The minimum absolute atomic E-state index is 0.179. The van der Waals surface area contributed by atoms with Crippen molar-refractivity contribution in [2.75, 3.05) is 31.9 Å². The first-order valence-electron chi connectivity index (χ1n) is 7.48. The van der Waals surface area contributed by atoms with Gasteiger partial charge in [0.2, 0.25) is 10.0 Å². The Kier molecular flexibility index (Phi) is 4.54. The molecule has 128 valence electrons. The van der Waals surface area contributed by atoms with E-state index in [1.165, 1.54) is 16.6 Å². The molecule has 0 radical (unpaired) electrons. The number of sulfonamides is 1. The lowest BCUT2D eigenvalue weighted by atomic mass is 10.1. The van der Waals surface area contributed by atoms with Gasteiger partial charge in [-0.05, 0) is 12.1 Å². The highest BCUT2D eigenvalue weighted by atomic mass is 32.2. The van der Waals surface area contributed by atoms with E-state index < -0.39 is 10.0 Å². The number of nitrogens with two attached hydrogens (primary N) is 1. The number of benzene rings is 1. The number of rotatable bonds is 4. The number of anilines is 1. The summed E-state index contributed by atoms with van der Waals surface area (Å²) in [6.45, 7) is 1.15. The van der Waals surface area contributed by atoms with Gasteiger partial charge in [0, 0.05) is 37.9 Å². The zero-order valence-electron chi connectivity index (χ0n) is 13.0. The second kappa shape index (κ2) is 6.62. The molecule has 9 heteroatoms. The first kappa shape index (κ1) is 16.5. The topological polar surface area (TPSA) is 110 Å². The summed E-state index contributed by atoms with van der Waals surface area (Å²) in [5.41, 5.74) is 7.06. The molecular formula is C15H18N4O4S. The van der Waals surface area contributed by atoms with Crippen molar-refractivity contribution in [2.45, 2.75) is 5.75 Å². The summed E-state index contributed by atoms with van der Waals surface area (Å²) >= 11 is 0. The minimum atomic E-state index is -3.48. The van der Waals surface area contributed by atoms with Gasteiger partial charge in [0.05, 0.1) is 11.3 Å². The van der Waals surface area contributed by atoms with Crippen LogP contribution in [0.5, 0.6) is 0 Å². The predicted octanol–water partition coefficient (Wildman–Crippen LogP) is 0.545. The summed E-state index contributed by atoms with van der Waals surface area (Å²) in [7, 11) is -3.48. The van der Waals surface area contributed by atoms with E-state index in [-0.39, 0.29) is 24.7 Å². The number of amides is 1. The molecule has 0 bridgehead atoms. The Morgan fingerprint density at radius 2 is 1.88 bits per heavy atom. The molecule has 0 unspecified atom stereocenters. The maximum atomic E-state index is 12.5. The molecule has 2 aromatic rings. The first-order valence-corrected chi connectivity index (χ1v) is 9.09. The Hall–Kier alpha value is -2.39. The molecule has 8 nitrogen and oxygen atoms in total. The van der Waals surface area contributed by atoms with Gasteiger partial charge < -0.3 is 15.2 Å². The lowest BCUT2D eigenvalue weighted by Crippen LogP contribution is -2.50. The molecule has 0 atom stereocenters. The number of aromatic nitrogens is 1. The van der Waals surface area contributed by atoms with Gasteiger partial charge >= 0.3 is 0 Å². The van der Waals surface area contributed by atoms with Crippen LogP contribution in [0.25, 0.3) is 0 Å². The Morgan fingerprint density at radius 3 is 2.50 bits per heavy atom. The van der Waals surface area contributed by atoms with Gasteiger partial charge in [-0.3, -0.25) is 4.79 Å². The molecule has 3 rings (SSSR count). The highest BCUT2D eigenvalue weighted by Crippen LogP contribution is 2.17. The van der Waals surface area contributed by atoms with Crippen molar-refractivity contribution in [1.29, 1.82) is 0 Å². The normalized spacial score (nSPS) is 16.2. The average molecular weight is 350 g/mol. The summed E-state index contributed by atoms with van der Waals surface area (Å²) in [6.07, 6.45) is 1.34. The van der Waals surface area contributed by atoms with Crippen molar-refractivity contribution >= 4 is 21.6 Å². The summed E-state index contributed by atoms with van der Waals surface area (Å²) in [5, 5.41) is 3.63. The van der Waals surface area contributed by atoms with Crippen molar-refractivity contribution < 1.29 is 17.7 Å². The van der Waals surface area contributed by atoms with E-state index >= 15 is 0 Å². The van der Waals surface area contributed by atoms with Crippen molar-refractivity contribution in [3.8, 4) is 0 Å². The fourth-order valence-corrected chi connectivity index (χ4v) is 4.05. The Morgan fingerprint density at radius 1 is 1.17 bits per heavy atom. The summed E-state index contributed by atoms with van der Waals surface area (Å²) in [5.74, 6) is -0.384. The molecule has 0 aliphatic carbocycles. The number of carbonyl (C=O) groups excluding carboxylic acids is 1. The highest BCUT2D eigenvalue weighted by molar-refractivity contribution is 7.88. The van der Waals surface area contributed by atoms with Crippen molar-refractivity contribution in [3.63, 3.8) is 0 Å². The number of hydrogen-bond donors (Lipinski definition) is 1. The third kappa shape index (κ3) is 3.41. The third-order valence-electron chi connectivity index (χ3n) is 3.93. The lowest BCUT2D eigenvalue weighted by molar-refractivity contribution is 0.0699. The van der Waals surface area contributed by atoms with Crippen molar-refractivity contribution in [2.24, 2.45) is 0 Å². The first-order chi connectivity index (χ1) is 11.5. The quantitative estimate of drug-likeness (QED) is 0.806. The largest absolute Gasteiger partial charge is 0.398 e. The summed E-state index contributed by atoms with van der Waals surface area (Å²) in [6, 6.07) is 8.38. The average Bonchev–Trinajstić information content (AvgIpc) is 3.07. The van der Waals surface area contributed by atoms with Crippen LogP contribution in [0.15, 0.2) is 41.1 Å². The molecule has 2 N–H and O–H groups in total. The van der Waals surface area contributed by atoms with E-state index in [1.807, 2.05) is 0 Å². The number of hydrogen-bond acceptors (Lipinski definition) is 6. The molecule has 1 aliphatic rings. The molecule has 0 spiro atoms. The van der Waals surface area contributed by atoms with Gasteiger partial charge in [0.1, 0.15) is 12.0 Å². The number of carbonyl (C=O) groups is 1. The van der Waals surface area contributed by atoms with Crippen LogP contribution < -0.4 is 5.73 Å². The van der Waals surface area contributed by atoms with Crippen LogP contribution in [0.4, 0.5) is 5.69 Å². The van der Waals surface area contributed by atoms with Crippen LogP contribution in [0, 0.1) is 0 Å². The van der Waals surface area contributed by atoms with E-state index in [2.05, 4.69) is 9.68 Å². The summed E-state index contributed by atoms with van der Waals surface area (Å²) < 4.78 is 30.8. The zero-order chi connectivity index (χ0) is 17.2. The molecule has 1 aromatic heterocycles. The number of piperazine rings is 1. The fourth-order valence-electron chi connectivity index (χ4n) is 2.62. The van der Waals surface area contributed by atoms with Crippen LogP contribution in [-0.2, 0) is 15.8 Å². The molecule has 2 heterocycles. The van der Waals surface area contributed by atoms with Gasteiger partial charge in [0.25, 0.3) is 5.91 Å². The highest BCUT2D eigenvalue weighted by Gasteiger charge is 2.30. The van der Waals surface area contributed by atoms with E-state index in [0.717, 1.165) is 0 Å². The summed E-state index contributed by atoms with van der Waals surface area (Å²) in [4.78, 5) is 14.1. The van der Waals surface area contributed by atoms with E-state index in [1.54, 1.807) is 29.2 Å². The smallest absolute Gasteiger partial charge is 0.256 e. The molecule has 1 aromatic carbocycles. The van der Waals surface area contributed by atoms with Crippen LogP contribution in [0.2, 0.25) is 0 Å². The van der Waals surface area contributed by atoms with Crippen molar-refractivity contribution in [3.05, 3.63) is 47.9 Å². The molecule has 1 aliphatic heterocycles. The number of nitrogen functional groups attached to an aromatic ring is 1.